The van der Waals surface area contributed by atoms with Crippen LogP contribution in [0.3, 0.4) is 0 Å². The number of benzene rings is 2. The molecule has 3 N–H and O–H groups in total. The molecule has 0 bridgehead atoms. The standard InChI is InChI=1S/C14H13ClFNO/c15-11-8-4-7-10(12(11)16)14(18)13(17)9-5-2-1-3-6-9/h1-8,13-14,18H,17H2. The van der Waals surface area contributed by atoms with Crippen molar-refractivity contribution in [2.75, 3.05) is 0 Å². The first-order chi connectivity index (χ1) is 8.61. The summed E-state index contributed by atoms with van der Waals surface area (Å²) in [4.78, 5) is 0. The van der Waals surface area contributed by atoms with Gasteiger partial charge in [-0.2, -0.15) is 0 Å². The van der Waals surface area contributed by atoms with Gasteiger partial charge >= 0.3 is 0 Å². The number of aliphatic hydroxyl groups excluding tert-OH is 1. The van der Waals surface area contributed by atoms with Gasteiger partial charge in [-0.05, 0) is 11.6 Å². The lowest BCUT2D eigenvalue weighted by atomic mass is 9.96. The van der Waals surface area contributed by atoms with Crippen LogP contribution in [0.5, 0.6) is 0 Å². The molecule has 4 heteroatoms. The summed E-state index contributed by atoms with van der Waals surface area (Å²) in [5.41, 5.74) is 6.78. The lowest BCUT2D eigenvalue weighted by Crippen LogP contribution is -2.20. The molecule has 0 fully saturated rings. The summed E-state index contributed by atoms with van der Waals surface area (Å²) < 4.78 is 13.8. The Morgan fingerprint density at radius 3 is 2.39 bits per heavy atom. The van der Waals surface area contributed by atoms with Crippen LogP contribution in [-0.2, 0) is 0 Å². The van der Waals surface area contributed by atoms with Crippen molar-refractivity contribution >= 4 is 11.6 Å². The number of hydrogen-bond donors (Lipinski definition) is 2. The number of hydrogen-bond acceptors (Lipinski definition) is 2. The Hall–Kier alpha value is -1.42. The summed E-state index contributed by atoms with van der Waals surface area (Å²) >= 11 is 5.68. The van der Waals surface area contributed by atoms with Crippen LogP contribution in [0.4, 0.5) is 4.39 Å². The molecule has 0 radical (unpaired) electrons. The SMILES string of the molecule is NC(c1ccccc1)C(O)c1cccc(Cl)c1F. The van der Waals surface area contributed by atoms with E-state index in [0.717, 1.165) is 5.56 Å². The van der Waals surface area contributed by atoms with Crippen molar-refractivity contribution in [3.8, 4) is 0 Å². The zero-order valence-corrected chi connectivity index (χ0v) is 10.3. The van der Waals surface area contributed by atoms with Crippen molar-refractivity contribution in [2.45, 2.75) is 12.1 Å². The fourth-order valence-corrected chi connectivity index (χ4v) is 1.98. The van der Waals surface area contributed by atoms with Gasteiger partial charge in [-0.3, -0.25) is 0 Å². The highest BCUT2D eigenvalue weighted by Gasteiger charge is 2.22. The van der Waals surface area contributed by atoms with E-state index >= 15 is 0 Å². The van der Waals surface area contributed by atoms with Gasteiger partial charge in [0.05, 0.1) is 11.1 Å². The van der Waals surface area contributed by atoms with E-state index in [2.05, 4.69) is 0 Å². The van der Waals surface area contributed by atoms with Crippen molar-refractivity contribution in [2.24, 2.45) is 5.73 Å². The lowest BCUT2D eigenvalue weighted by molar-refractivity contribution is 0.142. The molecular weight excluding hydrogens is 253 g/mol. The fourth-order valence-electron chi connectivity index (χ4n) is 1.80. The van der Waals surface area contributed by atoms with E-state index in [1.54, 1.807) is 18.2 Å². The van der Waals surface area contributed by atoms with Gasteiger partial charge in [0.1, 0.15) is 11.9 Å². The first-order valence-electron chi connectivity index (χ1n) is 5.53. The summed E-state index contributed by atoms with van der Waals surface area (Å²) in [7, 11) is 0. The third-order valence-corrected chi connectivity index (χ3v) is 3.12. The van der Waals surface area contributed by atoms with Crippen LogP contribution >= 0.6 is 11.6 Å². The molecule has 2 atom stereocenters. The van der Waals surface area contributed by atoms with Gasteiger partial charge in [0.2, 0.25) is 0 Å². The number of nitrogens with two attached hydrogens (primary N) is 1. The Labute approximate surface area is 110 Å². The van der Waals surface area contributed by atoms with Crippen molar-refractivity contribution in [3.05, 3.63) is 70.5 Å². The predicted octanol–water partition coefficient (Wildman–Crippen LogP) is 3.21. The van der Waals surface area contributed by atoms with Crippen molar-refractivity contribution < 1.29 is 9.50 Å². The Kier molecular flexibility index (Phi) is 3.97. The van der Waals surface area contributed by atoms with Crippen molar-refractivity contribution in [1.29, 1.82) is 0 Å². The molecule has 0 aromatic heterocycles. The normalized spacial score (nSPS) is 14.2. The van der Waals surface area contributed by atoms with Gasteiger partial charge in [-0.25, -0.2) is 4.39 Å². The Bertz CT molecular complexity index is 533. The van der Waals surface area contributed by atoms with E-state index in [4.69, 9.17) is 17.3 Å². The lowest BCUT2D eigenvalue weighted by Gasteiger charge is -2.20. The van der Waals surface area contributed by atoms with E-state index in [0.29, 0.717) is 0 Å². The highest BCUT2D eigenvalue weighted by molar-refractivity contribution is 6.30. The van der Waals surface area contributed by atoms with Crippen LogP contribution in [0.1, 0.15) is 23.3 Å². The molecule has 2 aromatic carbocycles. The largest absolute Gasteiger partial charge is 0.386 e. The maximum absolute atomic E-state index is 13.8. The van der Waals surface area contributed by atoms with E-state index < -0.39 is 18.0 Å². The summed E-state index contributed by atoms with van der Waals surface area (Å²) in [6, 6.07) is 12.9. The predicted molar refractivity (Wildman–Crippen MR) is 69.7 cm³/mol. The average Bonchev–Trinajstić information content (AvgIpc) is 2.41. The summed E-state index contributed by atoms with van der Waals surface area (Å²) in [6.45, 7) is 0. The second-order valence-corrected chi connectivity index (χ2v) is 4.43. The van der Waals surface area contributed by atoms with Gasteiger partial charge in [-0.15, -0.1) is 0 Å². The Morgan fingerprint density at radius 1 is 1.06 bits per heavy atom. The Morgan fingerprint density at radius 2 is 1.72 bits per heavy atom. The molecule has 2 aromatic rings. The molecule has 0 amide bonds. The monoisotopic (exact) mass is 265 g/mol. The minimum Gasteiger partial charge on any atom is -0.386 e. The first kappa shape index (κ1) is 13.0. The third kappa shape index (κ3) is 2.53. The van der Waals surface area contributed by atoms with Gasteiger partial charge in [0, 0.05) is 5.56 Å². The minimum absolute atomic E-state index is 0.0215. The molecule has 2 nitrogen and oxygen atoms in total. The quantitative estimate of drug-likeness (QED) is 0.895. The molecule has 0 saturated carbocycles. The summed E-state index contributed by atoms with van der Waals surface area (Å²) in [5, 5.41) is 10.1. The van der Waals surface area contributed by atoms with Gasteiger partial charge < -0.3 is 10.8 Å². The van der Waals surface area contributed by atoms with Gasteiger partial charge in [-0.1, -0.05) is 54.1 Å². The topological polar surface area (TPSA) is 46.2 Å². The van der Waals surface area contributed by atoms with Crippen molar-refractivity contribution in [1.82, 2.24) is 0 Å². The smallest absolute Gasteiger partial charge is 0.147 e. The van der Waals surface area contributed by atoms with E-state index in [1.165, 1.54) is 12.1 Å². The van der Waals surface area contributed by atoms with Crippen LogP contribution < -0.4 is 5.73 Å². The fraction of sp³-hybridized carbons (Fsp3) is 0.143. The molecule has 0 aliphatic rings. The van der Waals surface area contributed by atoms with Crippen LogP contribution in [0.2, 0.25) is 5.02 Å². The molecule has 2 unspecified atom stereocenters. The minimum atomic E-state index is -1.13. The Balaban J connectivity index is 2.31. The van der Waals surface area contributed by atoms with E-state index in [9.17, 15) is 9.50 Å². The molecule has 0 aliphatic carbocycles. The number of halogens is 2. The average molecular weight is 266 g/mol. The van der Waals surface area contributed by atoms with Gasteiger partial charge in [0.15, 0.2) is 0 Å². The second kappa shape index (κ2) is 5.48. The number of rotatable bonds is 3. The van der Waals surface area contributed by atoms with E-state index in [-0.39, 0.29) is 10.6 Å². The highest BCUT2D eigenvalue weighted by Crippen LogP contribution is 2.30. The zero-order valence-electron chi connectivity index (χ0n) is 9.55. The van der Waals surface area contributed by atoms with Crippen LogP contribution in [0.25, 0.3) is 0 Å². The zero-order chi connectivity index (χ0) is 13.1. The molecule has 0 saturated heterocycles. The second-order valence-electron chi connectivity index (χ2n) is 4.02. The van der Waals surface area contributed by atoms with Gasteiger partial charge in [0.25, 0.3) is 0 Å². The summed E-state index contributed by atoms with van der Waals surface area (Å²) in [6.07, 6.45) is -1.13. The molecule has 0 aliphatic heterocycles. The molecule has 18 heavy (non-hydrogen) atoms. The van der Waals surface area contributed by atoms with Crippen LogP contribution in [0.15, 0.2) is 48.5 Å². The highest BCUT2D eigenvalue weighted by atomic mass is 35.5. The molecular formula is C14H13ClFNO. The third-order valence-electron chi connectivity index (χ3n) is 2.82. The molecule has 2 rings (SSSR count). The van der Waals surface area contributed by atoms with Crippen LogP contribution in [0, 0.1) is 5.82 Å². The van der Waals surface area contributed by atoms with Crippen LogP contribution in [-0.4, -0.2) is 5.11 Å². The summed E-state index contributed by atoms with van der Waals surface area (Å²) in [5.74, 6) is -0.627. The molecule has 0 heterocycles. The molecule has 0 spiro atoms. The maximum Gasteiger partial charge on any atom is 0.147 e. The molecule has 94 valence electrons. The van der Waals surface area contributed by atoms with E-state index in [1.807, 2.05) is 18.2 Å². The number of aliphatic hydroxyl groups is 1. The maximum atomic E-state index is 13.8. The van der Waals surface area contributed by atoms with Crippen molar-refractivity contribution in [3.63, 3.8) is 0 Å². The first-order valence-corrected chi connectivity index (χ1v) is 5.91.